The van der Waals surface area contributed by atoms with E-state index in [0.717, 1.165) is 0 Å². The maximum Gasteiger partial charge on any atom is 0.116 e. The van der Waals surface area contributed by atoms with Crippen LogP contribution in [0.5, 0.6) is 0 Å². The molecule has 0 atom stereocenters. The first-order valence-electron chi connectivity index (χ1n) is 6.98. The molecule has 91 valence electrons. The minimum Gasteiger partial charge on any atom is -0.0601 e. The zero-order valence-corrected chi connectivity index (χ0v) is 10.9. The standard InChI is InChI=1S/C20H12/c1-5-13-6-2-11-17-18-12-4-8-14-7-3-10-16(20(14)18)15(9-1)19(13)17/h1-12H/q+1. The Balaban J connectivity index is 2.18. The summed E-state index contributed by atoms with van der Waals surface area (Å²) in [6.07, 6.45) is 13.2. The monoisotopic (exact) mass is 252 g/mol. The van der Waals surface area contributed by atoms with E-state index < -0.39 is 0 Å². The molecule has 5 rings (SSSR count). The number of fused-ring (bicyclic) bond motifs is 2. The fourth-order valence-electron chi connectivity index (χ4n) is 3.58. The van der Waals surface area contributed by atoms with E-state index >= 15 is 0 Å². The van der Waals surface area contributed by atoms with Crippen molar-refractivity contribution >= 4 is 33.7 Å². The predicted molar refractivity (Wildman–Crippen MR) is 86.0 cm³/mol. The lowest BCUT2D eigenvalue weighted by Crippen LogP contribution is -2.21. The molecule has 20 heavy (non-hydrogen) atoms. The van der Waals surface area contributed by atoms with Crippen molar-refractivity contribution < 1.29 is 0 Å². The van der Waals surface area contributed by atoms with Gasteiger partial charge in [-0.25, -0.2) is 0 Å². The van der Waals surface area contributed by atoms with Crippen molar-refractivity contribution in [2.24, 2.45) is 0 Å². The van der Waals surface area contributed by atoms with Gasteiger partial charge in [-0.2, -0.15) is 0 Å². The quantitative estimate of drug-likeness (QED) is 0.526. The molecule has 0 fully saturated rings. The molecule has 0 heterocycles. The highest BCUT2D eigenvalue weighted by atomic mass is 14.2. The normalized spacial score (nSPS) is 15.7. The van der Waals surface area contributed by atoms with Crippen LogP contribution in [0.15, 0.2) is 54.6 Å². The van der Waals surface area contributed by atoms with Crippen LogP contribution in [0.1, 0.15) is 11.1 Å². The number of benzene rings is 3. The second-order valence-electron chi connectivity index (χ2n) is 5.42. The van der Waals surface area contributed by atoms with E-state index in [1.165, 1.54) is 43.8 Å². The Labute approximate surface area is 117 Å². The fourth-order valence-corrected chi connectivity index (χ4v) is 3.58. The van der Waals surface area contributed by atoms with Crippen molar-refractivity contribution in [2.45, 2.75) is 0 Å². The molecule has 0 saturated heterocycles. The van der Waals surface area contributed by atoms with Crippen LogP contribution in [-0.2, 0) is 0 Å². The van der Waals surface area contributed by atoms with Crippen LogP contribution >= 0.6 is 0 Å². The van der Waals surface area contributed by atoms with Gasteiger partial charge in [-0.05, 0) is 23.6 Å². The van der Waals surface area contributed by atoms with Crippen LogP contribution in [-0.4, -0.2) is 0 Å². The van der Waals surface area contributed by atoms with Gasteiger partial charge in [0.15, 0.2) is 0 Å². The molecule has 0 spiro atoms. The van der Waals surface area contributed by atoms with Crippen molar-refractivity contribution in [1.82, 2.24) is 0 Å². The Morgan fingerprint density at radius 1 is 0.850 bits per heavy atom. The molecule has 0 bridgehead atoms. The summed E-state index contributed by atoms with van der Waals surface area (Å²) in [6.45, 7) is 0. The van der Waals surface area contributed by atoms with Gasteiger partial charge in [0.2, 0.25) is 0 Å². The Hall–Kier alpha value is -2.47. The zero-order valence-electron chi connectivity index (χ0n) is 10.9. The van der Waals surface area contributed by atoms with E-state index in [1.807, 2.05) is 0 Å². The summed E-state index contributed by atoms with van der Waals surface area (Å²) in [7, 11) is 0. The predicted octanol–water partition coefficient (Wildman–Crippen LogP) is 4.22. The molecule has 0 saturated carbocycles. The first-order valence-corrected chi connectivity index (χ1v) is 6.98. The number of allylic oxidation sites excluding steroid dienone is 3. The number of hydrogen-bond donors (Lipinski definition) is 0. The van der Waals surface area contributed by atoms with Crippen LogP contribution in [0.2, 0.25) is 0 Å². The third-order valence-electron chi connectivity index (χ3n) is 4.39. The maximum atomic E-state index is 2.25. The third-order valence-corrected chi connectivity index (χ3v) is 4.39. The average molecular weight is 252 g/mol. The van der Waals surface area contributed by atoms with Crippen LogP contribution in [0.3, 0.4) is 0 Å². The minimum atomic E-state index is 1.33. The number of rotatable bonds is 0. The van der Waals surface area contributed by atoms with Crippen LogP contribution in [0.25, 0.3) is 33.7 Å². The molecule has 0 N–H and O–H groups in total. The number of hydrogen-bond acceptors (Lipinski definition) is 0. The SMILES string of the molecule is [CH]1C=Cc2c3c(c4cccc5cccc2c54)=CC=C[C+]13. The molecule has 2 aliphatic rings. The van der Waals surface area contributed by atoms with Gasteiger partial charge in [0.05, 0.1) is 23.1 Å². The Morgan fingerprint density at radius 3 is 2.60 bits per heavy atom. The van der Waals surface area contributed by atoms with Crippen molar-refractivity contribution in [3.63, 3.8) is 0 Å². The fraction of sp³-hybridized carbons (Fsp3) is 0. The van der Waals surface area contributed by atoms with E-state index in [4.69, 9.17) is 0 Å². The first kappa shape index (κ1) is 10.3. The highest BCUT2D eigenvalue weighted by Gasteiger charge is 2.29. The summed E-state index contributed by atoms with van der Waals surface area (Å²) >= 11 is 0. The third kappa shape index (κ3) is 1.14. The van der Waals surface area contributed by atoms with Gasteiger partial charge in [-0.1, -0.05) is 30.3 Å². The maximum absolute atomic E-state index is 2.25. The van der Waals surface area contributed by atoms with Crippen LogP contribution in [0, 0.1) is 12.3 Å². The van der Waals surface area contributed by atoms with Crippen LogP contribution < -0.4 is 5.22 Å². The molecule has 0 nitrogen and oxygen atoms in total. The first-order chi connectivity index (χ1) is 9.93. The lowest BCUT2D eigenvalue weighted by Gasteiger charge is -2.18. The van der Waals surface area contributed by atoms with Gasteiger partial charge >= 0.3 is 0 Å². The van der Waals surface area contributed by atoms with Crippen molar-refractivity contribution in [2.75, 3.05) is 0 Å². The van der Waals surface area contributed by atoms with Gasteiger partial charge in [-0.3, -0.25) is 0 Å². The minimum absolute atomic E-state index is 1.33. The van der Waals surface area contributed by atoms with Crippen molar-refractivity contribution in [1.29, 1.82) is 0 Å². The molecule has 0 aromatic heterocycles. The van der Waals surface area contributed by atoms with E-state index in [9.17, 15) is 0 Å². The van der Waals surface area contributed by atoms with Crippen LogP contribution in [0.4, 0.5) is 0 Å². The molecule has 0 amide bonds. The molecule has 3 aromatic carbocycles. The van der Waals surface area contributed by atoms with Crippen molar-refractivity contribution in [3.05, 3.63) is 83.3 Å². The largest absolute Gasteiger partial charge is 0.116 e. The summed E-state index contributed by atoms with van der Waals surface area (Å²) in [4.78, 5) is 0. The van der Waals surface area contributed by atoms with E-state index in [1.54, 1.807) is 0 Å². The van der Waals surface area contributed by atoms with Gasteiger partial charge in [-0.15, -0.1) is 0 Å². The lowest BCUT2D eigenvalue weighted by atomic mass is 9.79. The highest BCUT2D eigenvalue weighted by molar-refractivity contribution is 6.14. The molecule has 1 radical (unpaired) electrons. The van der Waals surface area contributed by atoms with Gasteiger partial charge in [0.1, 0.15) is 5.56 Å². The van der Waals surface area contributed by atoms with E-state index in [2.05, 4.69) is 73.2 Å². The summed E-state index contributed by atoms with van der Waals surface area (Å²) in [5, 5.41) is 6.81. The van der Waals surface area contributed by atoms with E-state index in [0.29, 0.717) is 0 Å². The molecular weight excluding hydrogens is 240 g/mol. The van der Waals surface area contributed by atoms with Crippen molar-refractivity contribution in [3.8, 4) is 0 Å². The van der Waals surface area contributed by atoms with E-state index in [-0.39, 0.29) is 0 Å². The molecule has 0 unspecified atom stereocenters. The molecular formula is C20H12+. The average Bonchev–Trinajstić information content (AvgIpc) is 2.52. The molecule has 2 aliphatic carbocycles. The second kappa shape index (κ2) is 3.55. The topological polar surface area (TPSA) is 0 Å². The zero-order chi connectivity index (χ0) is 13.1. The smallest absolute Gasteiger partial charge is 0.0601 e. The summed E-state index contributed by atoms with van der Waals surface area (Å²) < 4.78 is 0. The van der Waals surface area contributed by atoms with Gasteiger partial charge in [0.25, 0.3) is 0 Å². The summed E-state index contributed by atoms with van der Waals surface area (Å²) in [5.41, 5.74) is 2.75. The van der Waals surface area contributed by atoms with Gasteiger partial charge in [0, 0.05) is 34.4 Å². The second-order valence-corrected chi connectivity index (χ2v) is 5.42. The molecule has 3 aromatic rings. The summed E-state index contributed by atoms with van der Waals surface area (Å²) in [5.74, 6) is 1.33. The Morgan fingerprint density at radius 2 is 1.70 bits per heavy atom. The lowest BCUT2D eigenvalue weighted by molar-refractivity contribution is 1.25. The summed E-state index contributed by atoms with van der Waals surface area (Å²) in [6, 6.07) is 13.2. The Bertz CT molecular complexity index is 965. The highest BCUT2D eigenvalue weighted by Crippen LogP contribution is 2.36. The van der Waals surface area contributed by atoms with Gasteiger partial charge < -0.3 is 0 Å². The molecule has 0 aliphatic heterocycles. The Kier molecular flexibility index (Phi) is 1.83. The molecule has 0 heteroatoms.